The van der Waals surface area contributed by atoms with Crippen LogP contribution in [0.25, 0.3) is 0 Å². The molecule has 0 aliphatic carbocycles. The van der Waals surface area contributed by atoms with Gasteiger partial charge in [-0.2, -0.15) is 0 Å². The number of methoxy groups -OCH3 is 1. The monoisotopic (exact) mass is 196 g/mol. The van der Waals surface area contributed by atoms with Crippen LogP contribution in [0.1, 0.15) is 6.92 Å². The van der Waals surface area contributed by atoms with Gasteiger partial charge in [-0.3, -0.25) is 0 Å². The molecule has 1 aromatic carbocycles. The molecule has 1 atom stereocenters. The van der Waals surface area contributed by atoms with Gasteiger partial charge in [-0.15, -0.1) is 0 Å². The summed E-state index contributed by atoms with van der Waals surface area (Å²) < 4.78 is 16.4. The second-order valence-corrected chi connectivity index (χ2v) is 3.78. The zero-order valence-electron chi connectivity index (χ0n) is 7.69. The highest BCUT2D eigenvalue weighted by Gasteiger charge is 1.98. The fourth-order valence-electron chi connectivity index (χ4n) is 0.912. The number of hydrogen-bond acceptors (Lipinski definition) is 2. The van der Waals surface area contributed by atoms with E-state index in [2.05, 4.69) is 0 Å². The van der Waals surface area contributed by atoms with Crippen molar-refractivity contribution in [3.05, 3.63) is 35.7 Å². The van der Waals surface area contributed by atoms with Gasteiger partial charge < -0.3 is 4.74 Å². The highest BCUT2D eigenvalue weighted by Crippen LogP contribution is 2.14. The molecule has 0 saturated heterocycles. The molecule has 70 valence electrons. The average molecular weight is 196 g/mol. The summed E-state index contributed by atoms with van der Waals surface area (Å²) in [5.41, 5.74) is 0. The van der Waals surface area contributed by atoms with Gasteiger partial charge >= 0.3 is 0 Å². The zero-order valence-corrected chi connectivity index (χ0v) is 8.51. The number of hydrogen-bond donors (Lipinski definition) is 0. The second kappa shape index (κ2) is 4.82. The van der Waals surface area contributed by atoms with Crippen LogP contribution in [0.4, 0.5) is 0 Å². The summed E-state index contributed by atoms with van der Waals surface area (Å²) in [4.78, 5) is 0.791. The molecule has 0 radical (unpaired) electrons. The second-order valence-electron chi connectivity index (χ2n) is 2.44. The molecule has 0 aliphatic heterocycles. The molecule has 0 heterocycles. The normalized spacial score (nSPS) is 13.1. The molecule has 2 nitrogen and oxygen atoms in total. The number of allylic oxidation sites excluding steroid dienone is 1. The molecule has 0 fully saturated rings. The van der Waals surface area contributed by atoms with E-state index in [-0.39, 0.29) is 0 Å². The SMILES string of the molecule is C/C=C/S(=O)c1ccc(OC)cc1. The fourth-order valence-corrected chi connectivity index (χ4v) is 1.72. The molecule has 13 heavy (non-hydrogen) atoms. The Morgan fingerprint density at radius 1 is 1.31 bits per heavy atom. The van der Waals surface area contributed by atoms with E-state index >= 15 is 0 Å². The molecule has 3 heteroatoms. The molecule has 0 aliphatic rings. The predicted molar refractivity (Wildman–Crippen MR) is 54.2 cm³/mol. The van der Waals surface area contributed by atoms with Crippen LogP contribution in [0.15, 0.2) is 40.6 Å². The largest absolute Gasteiger partial charge is 0.497 e. The third kappa shape index (κ3) is 2.70. The van der Waals surface area contributed by atoms with Gasteiger partial charge in [0.1, 0.15) is 5.75 Å². The predicted octanol–water partition coefficient (Wildman–Crippen LogP) is 2.34. The van der Waals surface area contributed by atoms with Gasteiger partial charge in [-0.1, -0.05) is 6.08 Å². The first-order valence-corrected chi connectivity index (χ1v) is 5.16. The Labute approximate surface area is 80.7 Å². The summed E-state index contributed by atoms with van der Waals surface area (Å²) in [6, 6.07) is 7.21. The number of rotatable bonds is 3. The third-order valence-electron chi connectivity index (χ3n) is 1.55. The van der Waals surface area contributed by atoms with Crippen molar-refractivity contribution < 1.29 is 8.95 Å². The topological polar surface area (TPSA) is 26.3 Å². The van der Waals surface area contributed by atoms with Crippen molar-refractivity contribution in [1.29, 1.82) is 0 Å². The van der Waals surface area contributed by atoms with E-state index in [0.29, 0.717) is 0 Å². The van der Waals surface area contributed by atoms with Crippen LogP contribution >= 0.6 is 0 Å². The van der Waals surface area contributed by atoms with Crippen LogP contribution < -0.4 is 4.74 Å². The summed E-state index contributed by atoms with van der Waals surface area (Å²) in [7, 11) is 0.579. The smallest absolute Gasteiger partial charge is 0.118 e. The highest BCUT2D eigenvalue weighted by atomic mass is 32.2. The Balaban J connectivity index is 2.85. The standard InChI is InChI=1S/C10H12O2S/c1-3-8-13(11)10-6-4-9(12-2)5-7-10/h3-8H,1-2H3/b8-3+. The van der Waals surface area contributed by atoms with Crippen molar-refractivity contribution in [2.24, 2.45) is 0 Å². The number of ether oxygens (including phenoxy) is 1. The van der Waals surface area contributed by atoms with Crippen molar-refractivity contribution in [2.75, 3.05) is 7.11 Å². The molecule has 1 rings (SSSR count). The van der Waals surface area contributed by atoms with E-state index < -0.39 is 10.8 Å². The molecule has 0 bridgehead atoms. The maximum absolute atomic E-state index is 11.4. The lowest BCUT2D eigenvalue weighted by Gasteiger charge is -1.99. The summed E-state index contributed by atoms with van der Waals surface area (Å²) in [5, 5.41) is 1.65. The van der Waals surface area contributed by atoms with Crippen LogP contribution in [0.5, 0.6) is 5.75 Å². The Bertz CT molecular complexity index is 314. The zero-order chi connectivity index (χ0) is 9.68. The molecule has 0 spiro atoms. The van der Waals surface area contributed by atoms with Gasteiger partial charge in [0.05, 0.1) is 17.9 Å². The summed E-state index contributed by atoms with van der Waals surface area (Å²) >= 11 is 0. The molecule has 0 N–H and O–H groups in total. The Kier molecular flexibility index (Phi) is 3.71. The summed E-state index contributed by atoms with van der Waals surface area (Å²) in [6.45, 7) is 1.85. The summed E-state index contributed by atoms with van der Waals surface area (Å²) in [5.74, 6) is 0.779. The lowest BCUT2D eigenvalue weighted by molar-refractivity contribution is 0.414. The van der Waals surface area contributed by atoms with E-state index in [1.54, 1.807) is 42.9 Å². The average Bonchev–Trinajstić information content (AvgIpc) is 2.18. The van der Waals surface area contributed by atoms with Gasteiger partial charge in [0.15, 0.2) is 0 Å². The lowest BCUT2D eigenvalue weighted by atomic mass is 10.3. The Hall–Kier alpha value is -1.09. The van der Waals surface area contributed by atoms with Crippen LogP contribution in [0.2, 0.25) is 0 Å². The molecule has 0 saturated carbocycles. The molecule has 0 aromatic heterocycles. The first kappa shape index (κ1) is 9.99. The van der Waals surface area contributed by atoms with Gasteiger partial charge in [0.2, 0.25) is 0 Å². The first-order chi connectivity index (χ1) is 6.27. The number of benzene rings is 1. The maximum atomic E-state index is 11.4. The molecular weight excluding hydrogens is 184 g/mol. The van der Waals surface area contributed by atoms with Crippen molar-refractivity contribution in [3.63, 3.8) is 0 Å². The quantitative estimate of drug-likeness (QED) is 0.741. The Morgan fingerprint density at radius 3 is 2.38 bits per heavy atom. The van der Waals surface area contributed by atoms with Crippen LogP contribution in [0.3, 0.4) is 0 Å². The van der Waals surface area contributed by atoms with E-state index in [0.717, 1.165) is 10.6 Å². The molecule has 0 amide bonds. The van der Waals surface area contributed by atoms with E-state index in [4.69, 9.17) is 4.74 Å². The minimum atomic E-state index is -1.03. The lowest BCUT2D eigenvalue weighted by Crippen LogP contribution is -1.87. The minimum Gasteiger partial charge on any atom is -0.497 e. The van der Waals surface area contributed by atoms with Crippen molar-refractivity contribution in [1.82, 2.24) is 0 Å². The summed E-state index contributed by atoms with van der Waals surface area (Å²) in [6.07, 6.45) is 1.78. The first-order valence-electron chi connectivity index (χ1n) is 3.95. The van der Waals surface area contributed by atoms with Crippen LogP contribution in [-0.2, 0) is 10.8 Å². The van der Waals surface area contributed by atoms with Crippen molar-refractivity contribution in [2.45, 2.75) is 11.8 Å². The van der Waals surface area contributed by atoms with Crippen molar-refractivity contribution >= 4 is 10.8 Å². The molecule has 1 aromatic rings. The van der Waals surface area contributed by atoms with Crippen molar-refractivity contribution in [3.8, 4) is 5.75 Å². The van der Waals surface area contributed by atoms with Gasteiger partial charge in [-0.05, 0) is 31.2 Å². The van der Waals surface area contributed by atoms with Gasteiger partial charge in [0, 0.05) is 10.3 Å². The molecule has 1 unspecified atom stereocenters. The fraction of sp³-hybridized carbons (Fsp3) is 0.200. The van der Waals surface area contributed by atoms with E-state index in [9.17, 15) is 4.21 Å². The van der Waals surface area contributed by atoms with Crippen LogP contribution in [0, 0.1) is 0 Å². The van der Waals surface area contributed by atoms with Gasteiger partial charge in [0.25, 0.3) is 0 Å². The van der Waals surface area contributed by atoms with Gasteiger partial charge in [-0.25, -0.2) is 4.21 Å². The highest BCUT2D eigenvalue weighted by molar-refractivity contribution is 7.88. The maximum Gasteiger partial charge on any atom is 0.118 e. The minimum absolute atomic E-state index is 0.779. The van der Waals surface area contributed by atoms with E-state index in [1.807, 2.05) is 6.92 Å². The van der Waals surface area contributed by atoms with Crippen LogP contribution in [-0.4, -0.2) is 11.3 Å². The molecular formula is C10H12O2S. The van der Waals surface area contributed by atoms with E-state index in [1.165, 1.54) is 0 Å². The Morgan fingerprint density at radius 2 is 1.92 bits per heavy atom. The third-order valence-corrected chi connectivity index (χ3v) is 2.81.